The Bertz CT molecular complexity index is 507. The molecule has 1 amide bonds. The van der Waals surface area contributed by atoms with Gasteiger partial charge in [0.25, 0.3) is 5.91 Å². The van der Waals surface area contributed by atoms with Crippen LogP contribution in [-0.4, -0.2) is 31.7 Å². The molecule has 0 aliphatic carbocycles. The molecule has 1 atom stereocenters. The van der Waals surface area contributed by atoms with Crippen LogP contribution in [0.4, 0.5) is 5.82 Å². The summed E-state index contributed by atoms with van der Waals surface area (Å²) in [5.41, 5.74) is 5.65. The van der Waals surface area contributed by atoms with Gasteiger partial charge in [-0.15, -0.1) is 10.2 Å². The highest BCUT2D eigenvalue weighted by Crippen LogP contribution is 1.99. The third-order valence-electron chi connectivity index (χ3n) is 2.34. The van der Waals surface area contributed by atoms with E-state index in [9.17, 15) is 4.79 Å². The van der Waals surface area contributed by atoms with E-state index in [1.807, 2.05) is 17.7 Å². The Morgan fingerprint density at radius 2 is 2.33 bits per heavy atom. The van der Waals surface area contributed by atoms with E-state index in [0.717, 1.165) is 0 Å². The number of rotatable bonds is 4. The lowest BCUT2D eigenvalue weighted by Crippen LogP contribution is -2.36. The average Bonchev–Trinajstić information content (AvgIpc) is 2.82. The van der Waals surface area contributed by atoms with Crippen LogP contribution in [0.2, 0.25) is 0 Å². The van der Waals surface area contributed by atoms with Crippen LogP contribution < -0.4 is 11.1 Å². The number of hydrogen-bond acceptors (Lipinski definition) is 5. The van der Waals surface area contributed by atoms with E-state index in [0.29, 0.717) is 6.54 Å². The van der Waals surface area contributed by atoms with Crippen LogP contribution in [0.5, 0.6) is 0 Å². The molecule has 0 saturated carbocycles. The van der Waals surface area contributed by atoms with Gasteiger partial charge < -0.3 is 15.6 Å². The Hall–Kier alpha value is -2.44. The van der Waals surface area contributed by atoms with Crippen LogP contribution in [0.25, 0.3) is 0 Å². The lowest BCUT2D eigenvalue weighted by molar-refractivity contribution is 0.0930. The van der Waals surface area contributed by atoms with Gasteiger partial charge in [-0.3, -0.25) is 4.79 Å². The third-order valence-corrected chi connectivity index (χ3v) is 2.34. The second-order valence-corrected chi connectivity index (χ2v) is 3.98. The summed E-state index contributed by atoms with van der Waals surface area (Å²) in [5, 5.41) is 10.2. The minimum absolute atomic E-state index is 0.0361. The standard InChI is InChI=1S/C11H14N6O/c1-8(6-17-5-4-13-7-17)14-11(18)9-2-3-10(12)16-15-9/h2-5,7-8H,6H2,1H3,(H2,12,16)(H,14,18). The van der Waals surface area contributed by atoms with Gasteiger partial charge in [-0.2, -0.15) is 0 Å². The Labute approximate surface area is 104 Å². The molecule has 0 saturated heterocycles. The first-order valence-electron chi connectivity index (χ1n) is 5.51. The number of imidazole rings is 1. The fourth-order valence-corrected chi connectivity index (χ4v) is 1.52. The molecule has 0 aliphatic heterocycles. The molecular formula is C11H14N6O. The predicted molar refractivity (Wildman–Crippen MR) is 65.6 cm³/mol. The molecular weight excluding hydrogens is 232 g/mol. The van der Waals surface area contributed by atoms with E-state index in [2.05, 4.69) is 20.5 Å². The molecule has 2 rings (SSSR count). The van der Waals surface area contributed by atoms with E-state index < -0.39 is 0 Å². The summed E-state index contributed by atoms with van der Waals surface area (Å²) in [6.07, 6.45) is 5.23. The number of amides is 1. The Morgan fingerprint density at radius 1 is 1.50 bits per heavy atom. The number of carbonyl (C=O) groups excluding carboxylic acids is 1. The monoisotopic (exact) mass is 246 g/mol. The Morgan fingerprint density at radius 3 is 2.94 bits per heavy atom. The number of nitrogens with two attached hydrogens (primary N) is 1. The minimum atomic E-state index is -0.268. The molecule has 2 heterocycles. The maximum absolute atomic E-state index is 11.8. The molecule has 0 spiro atoms. The molecule has 1 unspecified atom stereocenters. The van der Waals surface area contributed by atoms with Crippen LogP contribution in [0.1, 0.15) is 17.4 Å². The second kappa shape index (κ2) is 5.26. The SMILES string of the molecule is CC(Cn1ccnc1)NC(=O)c1ccc(N)nn1. The van der Waals surface area contributed by atoms with Gasteiger partial charge >= 0.3 is 0 Å². The molecule has 2 aromatic rings. The maximum Gasteiger partial charge on any atom is 0.272 e. The van der Waals surface area contributed by atoms with Crippen molar-refractivity contribution < 1.29 is 4.79 Å². The summed E-state index contributed by atoms with van der Waals surface area (Å²) in [4.78, 5) is 15.8. The summed E-state index contributed by atoms with van der Waals surface area (Å²) in [5.74, 6) is 0.0214. The smallest absolute Gasteiger partial charge is 0.272 e. The van der Waals surface area contributed by atoms with Crippen molar-refractivity contribution in [2.24, 2.45) is 0 Å². The maximum atomic E-state index is 11.8. The Balaban J connectivity index is 1.92. The van der Waals surface area contributed by atoms with Crippen molar-refractivity contribution >= 4 is 11.7 Å². The summed E-state index contributed by atoms with van der Waals surface area (Å²) >= 11 is 0. The van der Waals surface area contributed by atoms with Crippen molar-refractivity contribution in [3.8, 4) is 0 Å². The summed E-state index contributed by atoms with van der Waals surface area (Å²) in [6, 6.07) is 3.05. The highest BCUT2D eigenvalue weighted by Gasteiger charge is 2.11. The highest BCUT2D eigenvalue weighted by atomic mass is 16.2. The van der Waals surface area contributed by atoms with Crippen LogP contribution >= 0.6 is 0 Å². The first-order valence-corrected chi connectivity index (χ1v) is 5.51. The number of nitrogen functional groups attached to an aromatic ring is 1. The zero-order valence-corrected chi connectivity index (χ0v) is 9.95. The van der Waals surface area contributed by atoms with Crippen LogP contribution in [0, 0.1) is 0 Å². The summed E-state index contributed by atoms with van der Waals surface area (Å²) < 4.78 is 1.89. The number of nitrogens with one attached hydrogen (secondary N) is 1. The number of carbonyl (C=O) groups is 1. The van der Waals surface area contributed by atoms with Crippen LogP contribution in [-0.2, 0) is 6.54 Å². The largest absolute Gasteiger partial charge is 0.382 e. The van der Waals surface area contributed by atoms with E-state index in [1.54, 1.807) is 24.7 Å². The van der Waals surface area contributed by atoms with Crippen molar-refractivity contribution in [1.29, 1.82) is 0 Å². The van der Waals surface area contributed by atoms with E-state index in [1.165, 1.54) is 0 Å². The van der Waals surface area contributed by atoms with Crippen molar-refractivity contribution in [2.45, 2.75) is 19.5 Å². The van der Waals surface area contributed by atoms with Crippen LogP contribution in [0.3, 0.4) is 0 Å². The molecule has 7 nitrogen and oxygen atoms in total. The lowest BCUT2D eigenvalue weighted by Gasteiger charge is -2.13. The van der Waals surface area contributed by atoms with Crippen molar-refractivity contribution in [1.82, 2.24) is 25.1 Å². The molecule has 3 N–H and O–H groups in total. The molecule has 0 radical (unpaired) electrons. The van der Waals surface area contributed by atoms with Gasteiger partial charge in [-0.1, -0.05) is 0 Å². The average molecular weight is 246 g/mol. The molecule has 7 heteroatoms. The molecule has 18 heavy (non-hydrogen) atoms. The quantitative estimate of drug-likeness (QED) is 0.795. The van der Waals surface area contributed by atoms with Crippen molar-refractivity contribution in [3.63, 3.8) is 0 Å². The fourth-order valence-electron chi connectivity index (χ4n) is 1.52. The van der Waals surface area contributed by atoms with E-state index >= 15 is 0 Å². The third kappa shape index (κ3) is 3.03. The number of aromatic nitrogens is 4. The molecule has 0 bridgehead atoms. The van der Waals surface area contributed by atoms with Crippen molar-refractivity contribution in [2.75, 3.05) is 5.73 Å². The summed E-state index contributed by atoms with van der Waals surface area (Å²) in [7, 11) is 0. The zero-order valence-electron chi connectivity index (χ0n) is 9.95. The Kier molecular flexibility index (Phi) is 3.52. The summed E-state index contributed by atoms with van der Waals surface area (Å²) in [6.45, 7) is 2.55. The van der Waals surface area contributed by atoms with Gasteiger partial charge in [-0.25, -0.2) is 4.98 Å². The van der Waals surface area contributed by atoms with Gasteiger partial charge in [0.1, 0.15) is 5.82 Å². The topological polar surface area (TPSA) is 98.7 Å². The highest BCUT2D eigenvalue weighted by molar-refractivity contribution is 5.92. The van der Waals surface area contributed by atoms with Crippen LogP contribution in [0.15, 0.2) is 30.9 Å². The zero-order chi connectivity index (χ0) is 13.0. The molecule has 94 valence electrons. The normalized spacial score (nSPS) is 12.1. The molecule has 0 aromatic carbocycles. The van der Waals surface area contributed by atoms with E-state index in [4.69, 9.17) is 5.73 Å². The predicted octanol–water partition coefficient (Wildman–Crippen LogP) is 0.0738. The lowest BCUT2D eigenvalue weighted by atomic mass is 10.3. The van der Waals surface area contributed by atoms with E-state index in [-0.39, 0.29) is 23.5 Å². The molecule has 0 aliphatic rings. The molecule has 0 fully saturated rings. The van der Waals surface area contributed by atoms with Gasteiger partial charge in [-0.05, 0) is 19.1 Å². The van der Waals surface area contributed by atoms with Gasteiger partial charge in [0.2, 0.25) is 0 Å². The first kappa shape index (κ1) is 12.0. The van der Waals surface area contributed by atoms with Crippen molar-refractivity contribution in [3.05, 3.63) is 36.5 Å². The molecule has 2 aromatic heterocycles. The number of hydrogen-bond donors (Lipinski definition) is 2. The minimum Gasteiger partial charge on any atom is -0.382 e. The second-order valence-electron chi connectivity index (χ2n) is 3.98. The first-order chi connectivity index (χ1) is 8.65. The van der Waals surface area contributed by atoms with Gasteiger partial charge in [0.15, 0.2) is 5.69 Å². The van der Waals surface area contributed by atoms with Gasteiger partial charge in [0.05, 0.1) is 6.33 Å². The number of anilines is 1. The number of nitrogens with zero attached hydrogens (tertiary/aromatic N) is 4. The fraction of sp³-hybridized carbons (Fsp3) is 0.273. The van der Waals surface area contributed by atoms with Gasteiger partial charge in [0, 0.05) is 25.0 Å².